The average molecular weight is 323 g/mol. The lowest BCUT2D eigenvalue weighted by atomic mass is 10.0. The number of likely N-dealkylation sites (tertiary alicyclic amines) is 1. The lowest BCUT2D eigenvalue weighted by Crippen LogP contribution is -2.40. The molecule has 3 aromatic heterocycles. The molecular weight excluding hydrogens is 302 g/mol. The van der Waals surface area contributed by atoms with E-state index in [9.17, 15) is 4.79 Å². The van der Waals surface area contributed by atoms with Crippen LogP contribution in [0.3, 0.4) is 0 Å². The number of pyridine rings is 1. The molecule has 0 aromatic carbocycles. The lowest BCUT2D eigenvalue weighted by molar-refractivity contribution is -0.133. The Hall–Kier alpha value is -2.37. The quantitative estimate of drug-likeness (QED) is 0.806. The average Bonchev–Trinajstić information content (AvgIpc) is 3.12. The number of hydrogen-bond acceptors (Lipinski definition) is 3. The Balaban J connectivity index is 1.47. The maximum Gasteiger partial charge on any atom is 0.222 e. The van der Waals surface area contributed by atoms with Crippen molar-refractivity contribution in [3.63, 3.8) is 0 Å². The summed E-state index contributed by atoms with van der Waals surface area (Å²) in [7, 11) is 0. The molecule has 1 atom stereocenters. The third-order valence-corrected chi connectivity index (χ3v) is 5.42. The molecule has 1 aliphatic carbocycles. The molecule has 1 saturated heterocycles. The number of H-pyrrole nitrogens is 1. The van der Waals surface area contributed by atoms with Gasteiger partial charge in [-0.3, -0.25) is 4.79 Å². The summed E-state index contributed by atoms with van der Waals surface area (Å²) < 4.78 is 2.25. The molecule has 24 heavy (non-hydrogen) atoms. The molecule has 4 heterocycles. The van der Waals surface area contributed by atoms with E-state index in [1.807, 2.05) is 18.7 Å². The molecule has 0 spiro atoms. The number of aromatic amines is 1. The molecule has 5 rings (SSSR count). The molecule has 0 radical (unpaired) electrons. The number of carbonyl (C=O) groups excluding carboxylic acids is 1. The number of rotatable bonds is 3. The van der Waals surface area contributed by atoms with Gasteiger partial charge in [-0.15, -0.1) is 0 Å². The number of nitrogens with zero attached hydrogens (tertiary/aromatic N) is 4. The summed E-state index contributed by atoms with van der Waals surface area (Å²) in [5.41, 5.74) is 2.94. The normalized spacial score (nSPS) is 21.7. The van der Waals surface area contributed by atoms with Gasteiger partial charge in [-0.25, -0.2) is 9.97 Å². The van der Waals surface area contributed by atoms with E-state index in [2.05, 4.69) is 30.5 Å². The summed E-state index contributed by atoms with van der Waals surface area (Å²) in [5, 5.41) is 1.10. The van der Waals surface area contributed by atoms with Gasteiger partial charge in [0.05, 0.1) is 24.1 Å². The summed E-state index contributed by atoms with van der Waals surface area (Å²) >= 11 is 0. The zero-order valence-corrected chi connectivity index (χ0v) is 13.6. The van der Waals surface area contributed by atoms with Crippen LogP contribution in [0.5, 0.6) is 0 Å². The zero-order chi connectivity index (χ0) is 16.1. The molecule has 1 aliphatic heterocycles. The number of nitrogens with one attached hydrogen (secondary N) is 1. The lowest BCUT2D eigenvalue weighted by Gasteiger charge is -2.34. The topological polar surface area (TPSA) is 66.8 Å². The molecule has 6 heteroatoms. The molecule has 0 unspecified atom stereocenters. The number of amides is 1. The minimum atomic E-state index is 0.299. The van der Waals surface area contributed by atoms with E-state index in [1.165, 1.54) is 12.8 Å². The van der Waals surface area contributed by atoms with Gasteiger partial charge in [0.1, 0.15) is 11.2 Å². The summed E-state index contributed by atoms with van der Waals surface area (Å²) in [6.45, 7) is 1.70. The minimum absolute atomic E-state index is 0.299. The molecule has 0 bridgehead atoms. The summed E-state index contributed by atoms with van der Waals surface area (Å²) in [6, 6.07) is 2.36. The maximum atomic E-state index is 12.5. The van der Waals surface area contributed by atoms with E-state index in [0.29, 0.717) is 17.9 Å². The van der Waals surface area contributed by atoms with Crippen molar-refractivity contribution in [3.8, 4) is 0 Å². The van der Waals surface area contributed by atoms with E-state index in [4.69, 9.17) is 0 Å². The molecule has 1 saturated carbocycles. The van der Waals surface area contributed by atoms with Gasteiger partial charge in [0.15, 0.2) is 0 Å². The number of piperidine rings is 1. The predicted octanol–water partition coefficient (Wildman–Crippen LogP) is 2.88. The van der Waals surface area contributed by atoms with Gasteiger partial charge >= 0.3 is 0 Å². The second-order valence-electron chi connectivity index (χ2n) is 7.17. The van der Waals surface area contributed by atoms with E-state index in [0.717, 1.165) is 54.4 Å². The molecule has 3 aromatic rings. The highest BCUT2D eigenvalue weighted by molar-refractivity contribution is 6.00. The Kier molecular flexibility index (Phi) is 3.11. The molecule has 1 N–H and O–H groups in total. The Morgan fingerprint density at radius 3 is 3.08 bits per heavy atom. The van der Waals surface area contributed by atoms with Crippen LogP contribution in [0.4, 0.5) is 0 Å². The van der Waals surface area contributed by atoms with Crippen LogP contribution >= 0.6 is 0 Å². The smallest absolute Gasteiger partial charge is 0.222 e. The Bertz CT molecular complexity index is 907. The van der Waals surface area contributed by atoms with Crippen LogP contribution in [0.15, 0.2) is 24.8 Å². The summed E-state index contributed by atoms with van der Waals surface area (Å²) in [6.07, 6.45) is 11.0. The van der Waals surface area contributed by atoms with Crippen molar-refractivity contribution in [3.05, 3.63) is 24.8 Å². The predicted molar refractivity (Wildman–Crippen MR) is 91.6 cm³/mol. The van der Waals surface area contributed by atoms with Crippen LogP contribution in [0.2, 0.25) is 0 Å². The van der Waals surface area contributed by atoms with E-state index < -0.39 is 0 Å². The first-order chi connectivity index (χ1) is 11.8. The van der Waals surface area contributed by atoms with Crippen molar-refractivity contribution in [1.29, 1.82) is 0 Å². The SMILES string of the molecule is O=C(CC1CC1)N1CCC[C@@H](n2cnc3cnc4[nH]ccc4c32)C1. The Morgan fingerprint density at radius 2 is 2.21 bits per heavy atom. The highest BCUT2D eigenvalue weighted by Gasteiger charge is 2.30. The van der Waals surface area contributed by atoms with E-state index in [1.54, 1.807) is 0 Å². The van der Waals surface area contributed by atoms with E-state index in [-0.39, 0.29) is 0 Å². The van der Waals surface area contributed by atoms with Crippen LogP contribution in [0.25, 0.3) is 22.1 Å². The van der Waals surface area contributed by atoms with Crippen molar-refractivity contribution in [2.75, 3.05) is 13.1 Å². The third-order valence-electron chi connectivity index (χ3n) is 5.42. The van der Waals surface area contributed by atoms with Gasteiger partial charge in [-0.2, -0.15) is 0 Å². The second-order valence-corrected chi connectivity index (χ2v) is 7.17. The fourth-order valence-corrected chi connectivity index (χ4v) is 3.91. The second kappa shape index (κ2) is 5.33. The van der Waals surface area contributed by atoms with Gasteiger partial charge in [-0.1, -0.05) is 0 Å². The van der Waals surface area contributed by atoms with Gasteiger partial charge < -0.3 is 14.5 Å². The number of fused-ring (bicyclic) bond motifs is 3. The van der Waals surface area contributed by atoms with Crippen molar-refractivity contribution >= 4 is 28.0 Å². The number of carbonyl (C=O) groups is 1. The fraction of sp³-hybridized carbons (Fsp3) is 0.500. The van der Waals surface area contributed by atoms with Gasteiger partial charge in [-0.05, 0) is 37.7 Å². The zero-order valence-electron chi connectivity index (χ0n) is 13.6. The monoisotopic (exact) mass is 323 g/mol. The minimum Gasteiger partial charge on any atom is -0.346 e. The summed E-state index contributed by atoms with van der Waals surface area (Å²) in [5.74, 6) is 0.984. The standard InChI is InChI=1S/C18H21N5O/c24-16(8-12-3-4-12)22-7-1-2-13(10-22)23-11-21-15-9-20-18-14(17(15)23)5-6-19-18/h5-6,9,11-13H,1-4,7-8,10H2,(H,19,20)/t13-/m1/s1. The highest BCUT2D eigenvalue weighted by Crippen LogP contribution is 2.34. The van der Waals surface area contributed by atoms with Crippen molar-refractivity contribution < 1.29 is 4.79 Å². The van der Waals surface area contributed by atoms with Gasteiger partial charge in [0.2, 0.25) is 5.91 Å². The third kappa shape index (κ3) is 2.28. The molecular formula is C18H21N5O. The first-order valence-corrected chi connectivity index (χ1v) is 8.86. The van der Waals surface area contributed by atoms with Crippen LogP contribution in [0.1, 0.15) is 38.1 Å². The van der Waals surface area contributed by atoms with Crippen LogP contribution in [-0.4, -0.2) is 43.4 Å². The fourth-order valence-electron chi connectivity index (χ4n) is 3.91. The molecule has 124 valence electrons. The highest BCUT2D eigenvalue weighted by atomic mass is 16.2. The number of aromatic nitrogens is 4. The first kappa shape index (κ1) is 14.0. The number of hydrogen-bond donors (Lipinski definition) is 1. The van der Waals surface area contributed by atoms with Crippen molar-refractivity contribution in [2.45, 2.75) is 38.1 Å². The van der Waals surface area contributed by atoms with Crippen LogP contribution in [0, 0.1) is 5.92 Å². The Morgan fingerprint density at radius 1 is 1.29 bits per heavy atom. The summed E-state index contributed by atoms with van der Waals surface area (Å²) in [4.78, 5) is 26.7. The van der Waals surface area contributed by atoms with Crippen molar-refractivity contribution in [1.82, 2.24) is 24.4 Å². The van der Waals surface area contributed by atoms with Gasteiger partial charge in [0, 0.05) is 31.1 Å². The number of imidazole rings is 1. The first-order valence-electron chi connectivity index (χ1n) is 8.86. The molecule has 6 nitrogen and oxygen atoms in total. The van der Waals surface area contributed by atoms with E-state index >= 15 is 0 Å². The molecule has 2 fully saturated rings. The van der Waals surface area contributed by atoms with Gasteiger partial charge in [0.25, 0.3) is 0 Å². The Labute approximate surface area is 139 Å². The molecule has 1 amide bonds. The maximum absolute atomic E-state index is 12.5. The van der Waals surface area contributed by atoms with Crippen molar-refractivity contribution in [2.24, 2.45) is 5.92 Å². The van der Waals surface area contributed by atoms with Crippen LogP contribution in [-0.2, 0) is 4.79 Å². The molecule has 2 aliphatic rings. The largest absolute Gasteiger partial charge is 0.346 e. The van der Waals surface area contributed by atoms with Crippen LogP contribution < -0.4 is 0 Å².